The van der Waals surface area contributed by atoms with Gasteiger partial charge in [0.05, 0.1) is 16.1 Å². The van der Waals surface area contributed by atoms with Crippen molar-refractivity contribution in [3.8, 4) is 0 Å². The van der Waals surface area contributed by atoms with Crippen LogP contribution in [0.3, 0.4) is 0 Å². The molecular weight excluding hydrogens is 408 g/mol. The van der Waals surface area contributed by atoms with E-state index in [-0.39, 0.29) is 11.8 Å². The molecule has 0 unspecified atom stereocenters. The summed E-state index contributed by atoms with van der Waals surface area (Å²) < 4.78 is 0. The quantitative estimate of drug-likeness (QED) is 0.597. The highest BCUT2D eigenvalue weighted by Gasteiger charge is 2.18. The molecule has 4 rings (SSSR count). The van der Waals surface area contributed by atoms with E-state index in [0.29, 0.717) is 22.7 Å². The number of nitrogens with zero attached hydrogens (tertiary/aromatic N) is 2. The fourth-order valence-electron chi connectivity index (χ4n) is 3.67. The van der Waals surface area contributed by atoms with Gasteiger partial charge in [-0.15, -0.1) is 11.3 Å². The van der Waals surface area contributed by atoms with Gasteiger partial charge in [0, 0.05) is 45.0 Å². The van der Waals surface area contributed by atoms with Gasteiger partial charge in [0.2, 0.25) is 0 Å². The highest BCUT2D eigenvalue weighted by atomic mass is 32.1. The normalized spacial score (nSPS) is 14.3. The van der Waals surface area contributed by atoms with Gasteiger partial charge in [0.25, 0.3) is 11.8 Å². The van der Waals surface area contributed by atoms with Crippen LogP contribution in [0, 0.1) is 0 Å². The van der Waals surface area contributed by atoms with E-state index in [1.165, 1.54) is 17.0 Å². The molecule has 1 aliphatic heterocycles. The molecule has 3 aromatic rings. The molecule has 0 aliphatic carbocycles. The van der Waals surface area contributed by atoms with Crippen LogP contribution in [0.4, 0.5) is 11.4 Å². The summed E-state index contributed by atoms with van der Waals surface area (Å²) in [5, 5.41) is 7.70. The molecule has 6 nitrogen and oxygen atoms in total. The minimum Gasteiger partial charge on any atom is -0.369 e. The van der Waals surface area contributed by atoms with Crippen LogP contribution in [0.1, 0.15) is 20.0 Å². The molecule has 0 atom stereocenters. The third-order valence-electron chi connectivity index (χ3n) is 5.37. The van der Waals surface area contributed by atoms with Gasteiger partial charge in [0.15, 0.2) is 0 Å². The van der Waals surface area contributed by atoms with Gasteiger partial charge < -0.3 is 15.5 Å². The van der Waals surface area contributed by atoms with Gasteiger partial charge >= 0.3 is 0 Å². The first-order valence-electron chi connectivity index (χ1n) is 10.4. The SMILES string of the molecule is O=C(Nc1ccccc1C(=O)NCCN1CCN(c2ccccc2)CC1)c1cccs1. The summed E-state index contributed by atoms with van der Waals surface area (Å²) >= 11 is 1.37. The number of amides is 2. The Morgan fingerprint density at radius 2 is 1.58 bits per heavy atom. The number of thiophene rings is 1. The number of hydrogen-bond donors (Lipinski definition) is 2. The molecule has 2 heterocycles. The molecule has 0 radical (unpaired) electrons. The number of rotatable bonds is 7. The van der Waals surface area contributed by atoms with Crippen LogP contribution >= 0.6 is 11.3 Å². The topological polar surface area (TPSA) is 64.7 Å². The largest absolute Gasteiger partial charge is 0.369 e. The maximum Gasteiger partial charge on any atom is 0.265 e. The number of para-hydroxylation sites is 2. The van der Waals surface area contributed by atoms with Crippen molar-refractivity contribution in [2.75, 3.05) is 49.5 Å². The zero-order chi connectivity index (χ0) is 21.5. The number of piperazine rings is 1. The third-order valence-corrected chi connectivity index (χ3v) is 6.24. The molecule has 31 heavy (non-hydrogen) atoms. The van der Waals surface area contributed by atoms with Gasteiger partial charge in [-0.3, -0.25) is 14.5 Å². The minimum absolute atomic E-state index is 0.176. The lowest BCUT2D eigenvalue weighted by Gasteiger charge is -2.36. The Labute approximate surface area is 186 Å². The van der Waals surface area contributed by atoms with Gasteiger partial charge in [-0.1, -0.05) is 36.4 Å². The molecule has 1 saturated heterocycles. The van der Waals surface area contributed by atoms with Crippen molar-refractivity contribution in [1.29, 1.82) is 0 Å². The Balaban J connectivity index is 1.26. The number of carbonyl (C=O) groups excluding carboxylic acids is 2. The zero-order valence-electron chi connectivity index (χ0n) is 17.3. The van der Waals surface area contributed by atoms with Crippen molar-refractivity contribution >= 4 is 34.5 Å². The summed E-state index contributed by atoms with van der Waals surface area (Å²) in [4.78, 5) is 30.5. The maximum atomic E-state index is 12.7. The van der Waals surface area contributed by atoms with Gasteiger partial charge in [0.1, 0.15) is 0 Å². The number of nitrogens with one attached hydrogen (secondary N) is 2. The second kappa shape index (κ2) is 10.2. The molecule has 2 amide bonds. The predicted molar refractivity (Wildman–Crippen MR) is 126 cm³/mol. The van der Waals surface area contributed by atoms with Crippen LogP contribution < -0.4 is 15.5 Å². The van der Waals surface area contributed by atoms with E-state index in [0.717, 1.165) is 32.7 Å². The average Bonchev–Trinajstić information content (AvgIpc) is 3.36. The Bertz CT molecular complexity index is 999. The summed E-state index contributed by atoms with van der Waals surface area (Å²) in [6.45, 7) is 5.27. The Kier molecular flexibility index (Phi) is 6.96. The van der Waals surface area contributed by atoms with Crippen molar-refractivity contribution in [1.82, 2.24) is 10.2 Å². The number of anilines is 2. The smallest absolute Gasteiger partial charge is 0.265 e. The van der Waals surface area contributed by atoms with E-state index in [4.69, 9.17) is 0 Å². The fourth-order valence-corrected chi connectivity index (χ4v) is 4.29. The summed E-state index contributed by atoms with van der Waals surface area (Å²) in [7, 11) is 0. The second-order valence-corrected chi connectivity index (χ2v) is 8.34. The monoisotopic (exact) mass is 434 g/mol. The van der Waals surface area contributed by atoms with E-state index in [9.17, 15) is 9.59 Å². The van der Waals surface area contributed by atoms with Crippen LogP contribution in [-0.4, -0.2) is 56.0 Å². The van der Waals surface area contributed by atoms with E-state index in [1.807, 2.05) is 23.6 Å². The van der Waals surface area contributed by atoms with Gasteiger partial charge in [-0.2, -0.15) is 0 Å². The summed E-state index contributed by atoms with van der Waals surface area (Å²) in [6, 6.07) is 21.2. The van der Waals surface area contributed by atoms with E-state index in [1.54, 1.807) is 24.3 Å². The number of benzene rings is 2. The Morgan fingerprint density at radius 3 is 2.32 bits per heavy atom. The van der Waals surface area contributed by atoms with E-state index in [2.05, 4.69) is 44.7 Å². The maximum absolute atomic E-state index is 12.7. The third kappa shape index (κ3) is 5.51. The van der Waals surface area contributed by atoms with Crippen molar-refractivity contribution in [2.45, 2.75) is 0 Å². The molecule has 0 spiro atoms. The second-order valence-electron chi connectivity index (χ2n) is 7.40. The molecule has 0 saturated carbocycles. The molecule has 160 valence electrons. The van der Waals surface area contributed by atoms with E-state index < -0.39 is 0 Å². The van der Waals surface area contributed by atoms with Gasteiger partial charge in [-0.25, -0.2) is 0 Å². The molecule has 2 aromatic carbocycles. The van der Waals surface area contributed by atoms with Gasteiger partial charge in [-0.05, 0) is 35.7 Å². The lowest BCUT2D eigenvalue weighted by molar-refractivity contribution is 0.0948. The van der Waals surface area contributed by atoms with Crippen molar-refractivity contribution < 1.29 is 9.59 Å². The molecule has 1 fully saturated rings. The Morgan fingerprint density at radius 1 is 0.839 bits per heavy atom. The summed E-state index contributed by atoms with van der Waals surface area (Å²) in [6.07, 6.45) is 0. The van der Waals surface area contributed by atoms with Crippen LogP contribution in [0.2, 0.25) is 0 Å². The lowest BCUT2D eigenvalue weighted by Crippen LogP contribution is -2.48. The first-order valence-corrected chi connectivity index (χ1v) is 11.3. The lowest BCUT2D eigenvalue weighted by atomic mass is 10.1. The van der Waals surface area contributed by atoms with Crippen LogP contribution in [-0.2, 0) is 0 Å². The number of hydrogen-bond acceptors (Lipinski definition) is 5. The fraction of sp³-hybridized carbons (Fsp3) is 0.250. The summed E-state index contributed by atoms with van der Waals surface area (Å²) in [5.74, 6) is -0.378. The average molecular weight is 435 g/mol. The van der Waals surface area contributed by atoms with Crippen LogP contribution in [0.5, 0.6) is 0 Å². The zero-order valence-corrected chi connectivity index (χ0v) is 18.1. The standard InChI is InChI=1S/C24H26N4O2S/c29-23(20-9-4-5-10-21(20)26-24(30)22-11-6-18-31-22)25-12-13-27-14-16-28(17-15-27)19-7-2-1-3-8-19/h1-11,18H,12-17H2,(H,25,29)(H,26,30). The van der Waals surface area contributed by atoms with Crippen molar-refractivity contribution in [2.24, 2.45) is 0 Å². The molecule has 1 aliphatic rings. The molecule has 7 heteroatoms. The molecule has 0 bridgehead atoms. The van der Waals surface area contributed by atoms with E-state index >= 15 is 0 Å². The molecular formula is C24H26N4O2S. The Hall–Kier alpha value is -3.16. The summed E-state index contributed by atoms with van der Waals surface area (Å²) in [5.41, 5.74) is 2.26. The highest BCUT2D eigenvalue weighted by molar-refractivity contribution is 7.12. The van der Waals surface area contributed by atoms with Crippen molar-refractivity contribution in [3.63, 3.8) is 0 Å². The van der Waals surface area contributed by atoms with Crippen LogP contribution in [0.15, 0.2) is 72.1 Å². The molecule has 2 N–H and O–H groups in total. The van der Waals surface area contributed by atoms with Crippen molar-refractivity contribution in [3.05, 3.63) is 82.6 Å². The minimum atomic E-state index is -0.202. The van der Waals surface area contributed by atoms with Crippen LogP contribution in [0.25, 0.3) is 0 Å². The number of carbonyl (C=O) groups is 2. The first kappa shape index (κ1) is 21.1. The first-order chi connectivity index (χ1) is 15.2. The predicted octanol–water partition coefficient (Wildman–Crippen LogP) is 3.55. The molecule has 1 aromatic heterocycles. The highest BCUT2D eigenvalue weighted by Crippen LogP contribution is 2.18.